The molecule has 0 radical (unpaired) electrons. The highest BCUT2D eigenvalue weighted by Crippen LogP contribution is 2.14. The number of carbonyl (C=O) groups is 1. The first-order valence-corrected chi connectivity index (χ1v) is 5.48. The summed E-state index contributed by atoms with van der Waals surface area (Å²) in [6.45, 7) is 1.73. The summed E-state index contributed by atoms with van der Waals surface area (Å²) in [4.78, 5) is 25.9. The van der Waals surface area contributed by atoms with Gasteiger partial charge >= 0.3 is 0 Å². The van der Waals surface area contributed by atoms with Crippen LogP contribution in [0.4, 0.5) is 5.69 Å². The van der Waals surface area contributed by atoms with Gasteiger partial charge in [-0.05, 0) is 13.0 Å². The molecule has 1 atom stereocenters. The maximum Gasteiger partial charge on any atom is 0.270 e. The zero-order valence-corrected chi connectivity index (χ0v) is 10.0. The topological polar surface area (TPSA) is 114 Å². The van der Waals surface area contributed by atoms with Gasteiger partial charge in [0.25, 0.3) is 11.6 Å². The van der Waals surface area contributed by atoms with Crippen molar-refractivity contribution in [2.24, 2.45) is 0 Å². The normalized spacial score (nSPS) is 11.8. The highest BCUT2D eigenvalue weighted by Gasteiger charge is 2.15. The van der Waals surface area contributed by atoms with Crippen LogP contribution in [0, 0.1) is 10.1 Å². The Hall–Kier alpha value is -2.77. The van der Waals surface area contributed by atoms with Crippen molar-refractivity contribution in [1.29, 1.82) is 0 Å². The minimum Gasteiger partial charge on any atom is -0.342 e. The molecule has 1 amide bonds. The summed E-state index contributed by atoms with van der Waals surface area (Å²) in [5.41, 5.74) is 0.0977. The van der Waals surface area contributed by atoms with E-state index in [1.807, 2.05) is 0 Å². The Labute approximate surface area is 108 Å². The van der Waals surface area contributed by atoms with Crippen LogP contribution in [0.5, 0.6) is 0 Å². The molecular weight excluding hydrogens is 250 g/mol. The molecule has 2 aromatic rings. The van der Waals surface area contributed by atoms with E-state index in [1.54, 1.807) is 6.92 Å². The molecule has 1 unspecified atom stereocenters. The monoisotopic (exact) mass is 261 g/mol. The van der Waals surface area contributed by atoms with Crippen LogP contribution in [-0.4, -0.2) is 26.0 Å². The summed E-state index contributed by atoms with van der Waals surface area (Å²) < 4.78 is 0. The molecule has 98 valence electrons. The predicted octanol–water partition coefficient (Wildman–Crippen LogP) is 1.20. The Bertz CT molecular complexity index is 596. The lowest BCUT2D eigenvalue weighted by Crippen LogP contribution is -2.27. The van der Waals surface area contributed by atoms with E-state index in [-0.39, 0.29) is 17.3 Å². The van der Waals surface area contributed by atoms with Gasteiger partial charge in [-0.15, -0.1) is 0 Å². The minimum atomic E-state index is -0.545. The second kappa shape index (κ2) is 5.25. The number of nitrogens with zero attached hydrogens (tertiary/aromatic N) is 3. The molecule has 2 rings (SSSR count). The van der Waals surface area contributed by atoms with Crippen LogP contribution in [0.3, 0.4) is 0 Å². The molecule has 8 heteroatoms. The second-order valence-electron chi connectivity index (χ2n) is 3.87. The van der Waals surface area contributed by atoms with Crippen LogP contribution in [0.2, 0.25) is 0 Å². The molecule has 19 heavy (non-hydrogen) atoms. The van der Waals surface area contributed by atoms with Gasteiger partial charge in [0.05, 0.1) is 11.0 Å². The number of hydrogen-bond acceptors (Lipinski definition) is 5. The summed E-state index contributed by atoms with van der Waals surface area (Å²) >= 11 is 0. The first-order chi connectivity index (χ1) is 9.08. The third kappa shape index (κ3) is 2.92. The van der Waals surface area contributed by atoms with Crippen molar-refractivity contribution < 1.29 is 9.72 Å². The zero-order chi connectivity index (χ0) is 13.8. The van der Waals surface area contributed by atoms with Crippen molar-refractivity contribution in [3.8, 4) is 0 Å². The van der Waals surface area contributed by atoms with E-state index < -0.39 is 10.8 Å². The summed E-state index contributed by atoms with van der Waals surface area (Å²) in [5.74, 6) is 0.103. The summed E-state index contributed by atoms with van der Waals surface area (Å²) in [5, 5.41) is 19.6. The molecule has 8 nitrogen and oxygen atoms in total. The Morgan fingerprint density at radius 3 is 2.95 bits per heavy atom. The third-order valence-corrected chi connectivity index (χ3v) is 2.51. The number of nitro benzene ring substituents is 1. The smallest absolute Gasteiger partial charge is 0.270 e. The van der Waals surface area contributed by atoms with Gasteiger partial charge in [0, 0.05) is 17.7 Å². The van der Waals surface area contributed by atoms with Crippen molar-refractivity contribution in [2.45, 2.75) is 13.0 Å². The first kappa shape index (κ1) is 12.7. The van der Waals surface area contributed by atoms with Crippen molar-refractivity contribution in [1.82, 2.24) is 20.5 Å². The SMILES string of the molecule is CC(NC(=O)c1cccc([N+](=O)[O-])c1)c1ncn[nH]1. The fourth-order valence-electron chi connectivity index (χ4n) is 1.53. The lowest BCUT2D eigenvalue weighted by molar-refractivity contribution is -0.384. The van der Waals surface area contributed by atoms with Crippen LogP contribution in [0.1, 0.15) is 29.1 Å². The first-order valence-electron chi connectivity index (χ1n) is 5.48. The van der Waals surface area contributed by atoms with Crippen LogP contribution in [0.25, 0.3) is 0 Å². The molecule has 0 bridgehead atoms. The predicted molar refractivity (Wildman–Crippen MR) is 65.4 cm³/mol. The summed E-state index contributed by atoms with van der Waals surface area (Å²) in [6, 6.07) is 5.16. The second-order valence-corrected chi connectivity index (χ2v) is 3.87. The average molecular weight is 261 g/mol. The van der Waals surface area contributed by atoms with Gasteiger partial charge in [-0.2, -0.15) is 5.10 Å². The fraction of sp³-hybridized carbons (Fsp3) is 0.182. The molecule has 0 spiro atoms. The number of carbonyl (C=O) groups excluding carboxylic acids is 1. The minimum absolute atomic E-state index is 0.125. The molecule has 0 fully saturated rings. The molecule has 1 aromatic heterocycles. The van der Waals surface area contributed by atoms with E-state index in [0.29, 0.717) is 5.82 Å². The molecule has 0 aliphatic rings. The maximum absolute atomic E-state index is 11.9. The number of H-pyrrole nitrogens is 1. The molecule has 0 saturated heterocycles. The standard InChI is InChI=1S/C11H11N5O3/c1-7(10-12-6-13-15-10)14-11(17)8-3-2-4-9(5-8)16(18)19/h2-7H,1H3,(H,14,17)(H,12,13,15). The molecule has 1 heterocycles. The van der Waals surface area contributed by atoms with E-state index in [9.17, 15) is 14.9 Å². The van der Waals surface area contributed by atoms with Gasteiger partial charge in [-0.25, -0.2) is 4.98 Å². The van der Waals surface area contributed by atoms with E-state index >= 15 is 0 Å². The lowest BCUT2D eigenvalue weighted by atomic mass is 10.2. The van der Waals surface area contributed by atoms with E-state index in [1.165, 1.54) is 30.6 Å². The zero-order valence-electron chi connectivity index (χ0n) is 10.0. The Morgan fingerprint density at radius 1 is 1.53 bits per heavy atom. The van der Waals surface area contributed by atoms with Crippen LogP contribution in [-0.2, 0) is 0 Å². The summed E-state index contributed by atoms with van der Waals surface area (Å²) in [6.07, 6.45) is 1.34. The number of amides is 1. The van der Waals surface area contributed by atoms with E-state index in [0.717, 1.165) is 0 Å². The van der Waals surface area contributed by atoms with Crippen LogP contribution in [0.15, 0.2) is 30.6 Å². The van der Waals surface area contributed by atoms with Gasteiger partial charge in [0.15, 0.2) is 0 Å². The molecule has 0 aliphatic carbocycles. The van der Waals surface area contributed by atoms with Crippen molar-refractivity contribution in [3.63, 3.8) is 0 Å². The number of aromatic amines is 1. The summed E-state index contributed by atoms with van der Waals surface area (Å²) in [7, 11) is 0. The third-order valence-electron chi connectivity index (χ3n) is 2.51. The number of nitro groups is 1. The van der Waals surface area contributed by atoms with Gasteiger partial charge < -0.3 is 5.32 Å². The number of rotatable bonds is 4. The number of non-ortho nitro benzene ring substituents is 1. The van der Waals surface area contributed by atoms with Gasteiger partial charge in [0.2, 0.25) is 0 Å². The van der Waals surface area contributed by atoms with Crippen LogP contribution < -0.4 is 5.32 Å². The maximum atomic E-state index is 11.9. The average Bonchev–Trinajstić information content (AvgIpc) is 2.92. The number of hydrogen-bond donors (Lipinski definition) is 2. The van der Waals surface area contributed by atoms with Gasteiger partial charge in [0.1, 0.15) is 12.2 Å². The van der Waals surface area contributed by atoms with E-state index in [2.05, 4.69) is 20.5 Å². The number of benzene rings is 1. The quantitative estimate of drug-likeness (QED) is 0.634. The molecule has 0 aliphatic heterocycles. The Morgan fingerprint density at radius 2 is 2.32 bits per heavy atom. The molecule has 0 saturated carbocycles. The fourth-order valence-corrected chi connectivity index (χ4v) is 1.53. The van der Waals surface area contributed by atoms with Crippen molar-refractivity contribution in [3.05, 3.63) is 52.1 Å². The lowest BCUT2D eigenvalue weighted by Gasteiger charge is -2.10. The number of aromatic nitrogens is 3. The molecule has 2 N–H and O–H groups in total. The van der Waals surface area contributed by atoms with Crippen molar-refractivity contribution >= 4 is 11.6 Å². The molecule has 1 aromatic carbocycles. The van der Waals surface area contributed by atoms with E-state index in [4.69, 9.17) is 0 Å². The highest BCUT2D eigenvalue weighted by atomic mass is 16.6. The Balaban J connectivity index is 2.12. The van der Waals surface area contributed by atoms with Crippen LogP contribution >= 0.6 is 0 Å². The largest absolute Gasteiger partial charge is 0.342 e. The Kier molecular flexibility index (Phi) is 3.51. The number of nitrogens with one attached hydrogen (secondary N) is 2. The van der Waals surface area contributed by atoms with Gasteiger partial charge in [-0.1, -0.05) is 6.07 Å². The van der Waals surface area contributed by atoms with Crippen molar-refractivity contribution in [2.75, 3.05) is 0 Å². The highest BCUT2D eigenvalue weighted by molar-refractivity contribution is 5.94. The van der Waals surface area contributed by atoms with Gasteiger partial charge in [-0.3, -0.25) is 20.0 Å². The molecular formula is C11H11N5O3.